The topological polar surface area (TPSA) is 88.6 Å². The summed E-state index contributed by atoms with van der Waals surface area (Å²) < 4.78 is 28.8. The Bertz CT molecular complexity index is 701. The number of amides is 1. The van der Waals surface area contributed by atoms with Gasteiger partial charge in [-0.1, -0.05) is 0 Å². The molecule has 1 N–H and O–H groups in total. The van der Waals surface area contributed by atoms with Crippen LogP contribution in [0.25, 0.3) is 0 Å². The van der Waals surface area contributed by atoms with E-state index >= 15 is 0 Å². The fraction of sp³-hybridized carbons (Fsp3) is 0.625. The average molecular weight is 353 g/mol. The number of carbonyl (C=O) groups is 1. The van der Waals surface area contributed by atoms with Gasteiger partial charge in [0.05, 0.1) is 17.6 Å². The van der Waals surface area contributed by atoms with Crippen molar-refractivity contribution in [2.45, 2.75) is 31.4 Å². The van der Waals surface area contributed by atoms with Crippen molar-refractivity contribution >= 4 is 21.4 Å². The molecule has 0 aromatic carbocycles. The van der Waals surface area contributed by atoms with Crippen LogP contribution in [0.2, 0.25) is 0 Å². The van der Waals surface area contributed by atoms with Crippen molar-refractivity contribution < 1.29 is 17.9 Å². The van der Waals surface area contributed by atoms with Gasteiger partial charge in [0.1, 0.15) is 5.69 Å². The van der Waals surface area contributed by atoms with Crippen LogP contribution in [0, 0.1) is 0 Å². The zero-order valence-corrected chi connectivity index (χ0v) is 14.6. The first-order chi connectivity index (χ1) is 11.4. The maximum absolute atomic E-state index is 12.3. The first kappa shape index (κ1) is 17.2. The number of anilines is 1. The Morgan fingerprint density at radius 2 is 2.29 bits per heavy atom. The summed E-state index contributed by atoms with van der Waals surface area (Å²) in [7, 11) is -1.09. The molecule has 7 nitrogen and oxygen atoms in total. The molecule has 0 spiro atoms. The molecule has 132 valence electrons. The van der Waals surface area contributed by atoms with Crippen molar-refractivity contribution in [2.24, 2.45) is 0 Å². The van der Waals surface area contributed by atoms with E-state index in [2.05, 4.69) is 10.3 Å². The van der Waals surface area contributed by atoms with Crippen LogP contribution in [-0.4, -0.2) is 63.2 Å². The molecule has 3 rings (SSSR count). The second-order valence-electron chi connectivity index (χ2n) is 6.41. The number of pyridine rings is 1. The first-order valence-corrected chi connectivity index (χ1v) is 10.1. The van der Waals surface area contributed by atoms with Gasteiger partial charge in [0.2, 0.25) is 0 Å². The molecule has 0 radical (unpaired) electrons. The van der Waals surface area contributed by atoms with E-state index in [-0.39, 0.29) is 29.6 Å². The number of nitrogens with one attached hydrogen (secondary N) is 1. The molecule has 3 heterocycles. The minimum atomic E-state index is -2.94. The molecule has 2 atom stereocenters. The maximum Gasteiger partial charge on any atom is 0.270 e. The molecule has 2 aliphatic heterocycles. The van der Waals surface area contributed by atoms with E-state index in [1.807, 2.05) is 11.9 Å². The molecule has 2 saturated heterocycles. The Hall–Kier alpha value is -1.67. The fourth-order valence-corrected chi connectivity index (χ4v) is 4.93. The normalized spacial score (nSPS) is 25.5. The van der Waals surface area contributed by atoms with Crippen LogP contribution in [0.4, 0.5) is 5.69 Å². The van der Waals surface area contributed by atoms with Crippen LogP contribution >= 0.6 is 0 Å². The number of hydrogen-bond acceptors (Lipinski definition) is 6. The molecule has 8 heteroatoms. The quantitative estimate of drug-likeness (QED) is 0.835. The highest BCUT2D eigenvalue weighted by Gasteiger charge is 2.31. The number of ether oxygens (including phenoxy) is 1. The summed E-state index contributed by atoms with van der Waals surface area (Å²) in [5.41, 5.74) is 1.13. The van der Waals surface area contributed by atoms with E-state index in [1.165, 1.54) is 0 Å². The summed E-state index contributed by atoms with van der Waals surface area (Å²) in [6.07, 6.45) is 4.28. The zero-order chi connectivity index (χ0) is 17.2. The fourth-order valence-electron chi connectivity index (χ4n) is 3.16. The molecular weight excluding hydrogens is 330 g/mol. The molecule has 0 bridgehead atoms. The van der Waals surface area contributed by atoms with Gasteiger partial charge in [-0.2, -0.15) is 0 Å². The maximum atomic E-state index is 12.3. The highest BCUT2D eigenvalue weighted by molar-refractivity contribution is 7.91. The van der Waals surface area contributed by atoms with Gasteiger partial charge in [-0.3, -0.25) is 9.78 Å². The van der Waals surface area contributed by atoms with Gasteiger partial charge in [-0.15, -0.1) is 0 Å². The van der Waals surface area contributed by atoms with Gasteiger partial charge in [-0.25, -0.2) is 8.42 Å². The third kappa shape index (κ3) is 4.05. The van der Waals surface area contributed by atoms with Gasteiger partial charge in [-0.05, 0) is 31.4 Å². The van der Waals surface area contributed by atoms with Gasteiger partial charge >= 0.3 is 0 Å². The lowest BCUT2D eigenvalue weighted by molar-refractivity contribution is 0.0853. The van der Waals surface area contributed by atoms with E-state index in [1.54, 1.807) is 18.3 Å². The van der Waals surface area contributed by atoms with Crippen LogP contribution in [0.5, 0.6) is 0 Å². The lowest BCUT2D eigenvalue weighted by Gasteiger charge is -2.25. The van der Waals surface area contributed by atoms with Gasteiger partial charge < -0.3 is 15.0 Å². The highest BCUT2D eigenvalue weighted by atomic mass is 32.2. The van der Waals surface area contributed by atoms with E-state index < -0.39 is 9.84 Å². The molecule has 1 amide bonds. The molecule has 0 saturated carbocycles. The minimum absolute atomic E-state index is 0.0554. The summed E-state index contributed by atoms with van der Waals surface area (Å²) in [5.74, 6) is 0.147. The Morgan fingerprint density at radius 1 is 1.46 bits per heavy atom. The average Bonchev–Trinajstić information content (AvgIpc) is 3.21. The van der Waals surface area contributed by atoms with Crippen molar-refractivity contribution in [1.29, 1.82) is 0 Å². The number of aromatic nitrogens is 1. The molecule has 2 aliphatic rings. The van der Waals surface area contributed by atoms with Crippen LogP contribution < -0.4 is 10.2 Å². The van der Waals surface area contributed by atoms with Crippen molar-refractivity contribution in [3.05, 3.63) is 24.0 Å². The zero-order valence-electron chi connectivity index (χ0n) is 13.8. The van der Waals surface area contributed by atoms with Crippen molar-refractivity contribution in [3.8, 4) is 0 Å². The monoisotopic (exact) mass is 353 g/mol. The van der Waals surface area contributed by atoms with Crippen LogP contribution in [-0.2, 0) is 14.6 Å². The molecular formula is C16H23N3O4S. The Morgan fingerprint density at radius 3 is 2.96 bits per heavy atom. The summed E-state index contributed by atoms with van der Waals surface area (Å²) >= 11 is 0. The molecule has 1 aromatic rings. The van der Waals surface area contributed by atoms with Crippen LogP contribution in [0.15, 0.2) is 18.3 Å². The van der Waals surface area contributed by atoms with Crippen LogP contribution in [0.1, 0.15) is 29.8 Å². The van der Waals surface area contributed by atoms with Crippen molar-refractivity contribution in [3.63, 3.8) is 0 Å². The first-order valence-electron chi connectivity index (χ1n) is 8.24. The predicted octanol–water partition coefficient (Wildman–Crippen LogP) is 0.614. The number of rotatable bonds is 5. The summed E-state index contributed by atoms with van der Waals surface area (Å²) in [4.78, 5) is 18.3. The molecule has 2 fully saturated rings. The van der Waals surface area contributed by atoms with Gasteiger partial charge in [0.25, 0.3) is 5.91 Å². The lowest BCUT2D eigenvalue weighted by atomic mass is 10.2. The lowest BCUT2D eigenvalue weighted by Crippen LogP contribution is -2.34. The highest BCUT2D eigenvalue weighted by Crippen LogP contribution is 2.23. The Kier molecular flexibility index (Phi) is 5.05. The number of carbonyl (C=O) groups excluding carboxylic acids is 1. The largest absolute Gasteiger partial charge is 0.376 e. The van der Waals surface area contributed by atoms with E-state index in [0.29, 0.717) is 18.7 Å². The van der Waals surface area contributed by atoms with E-state index in [0.717, 1.165) is 25.1 Å². The van der Waals surface area contributed by atoms with E-state index in [9.17, 15) is 13.2 Å². The number of nitrogens with zero attached hydrogens (tertiary/aromatic N) is 2. The standard InChI is InChI=1S/C16H23N3O4S/c1-19(13-5-8-24(21,22)11-13)12-4-6-17-15(9-12)16(20)18-10-14-3-2-7-23-14/h4,6,9,13-14H,2-3,5,7-8,10-11H2,1H3,(H,18,20). The van der Waals surface area contributed by atoms with Gasteiger partial charge in [0, 0.05) is 38.1 Å². The SMILES string of the molecule is CN(c1ccnc(C(=O)NCC2CCCO2)c1)C1CCS(=O)(=O)C1. The Labute approximate surface area is 142 Å². The summed E-state index contributed by atoms with van der Waals surface area (Å²) in [6.45, 7) is 1.24. The summed E-state index contributed by atoms with van der Waals surface area (Å²) in [5, 5.41) is 2.85. The van der Waals surface area contributed by atoms with E-state index in [4.69, 9.17) is 4.74 Å². The van der Waals surface area contributed by atoms with Gasteiger partial charge in [0.15, 0.2) is 9.84 Å². The van der Waals surface area contributed by atoms with Crippen LogP contribution in [0.3, 0.4) is 0 Å². The summed E-state index contributed by atoms with van der Waals surface area (Å²) in [6, 6.07) is 3.44. The molecule has 24 heavy (non-hydrogen) atoms. The Balaban J connectivity index is 1.63. The van der Waals surface area contributed by atoms with Crippen molar-refractivity contribution in [2.75, 3.05) is 36.6 Å². The predicted molar refractivity (Wildman–Crippen MR) is 91.0 cm³/mol. The number of sulfone groups is 1. The molecule has 0 aliphatic carbocycles. The second-order valence-corrected chi connectivity index (χ2v) is 8.64. The smallest absolute Gasteiger partial charge is 0.270 e. The third-order valence-electron chi connectivity index (χ3n) is 4.65. The van der Waals surface area contributed by atoms with Crippen molar-refractivity contribution in [1.82, 2.24) is 10.3 Å². The molecule has 2 unspecified atom stereocenters. The minimum Gasteiger partial charge on any atom is -0.376 e. The second kappa shape index (κ2) is 7.06. The molecule has 1 aromatic heterocycles. The third-order valence-corrected chi connectivity index (χ3v) is 6.40. The number of hydrogen-bond donors (Lipinski definition) is 1.